The molecule has 2 aromatic carbocycles. The van der Waals surface area contributed by atoms with Crippen LogP contribution in [0.2, 0.25) is 0 Å². The lowest BCUT2D eigenvalue weighted by molar-refractivity contribution is -0.0597. The number of aromatic nitrogens is 1. The minimum Gasteiger partial charge on any atom is -0.471 e. The van der Waals surface area contributed by atoms with Gasteiger partial charge in [-0.15, -0.1) is 6.58 Å². The number of hydrogen-bond donors (Lipinski definition) is 2. The number of anilines is 1. The Labute approximate surface area is 253 Å². The van der Waals surface area contributed by atoms with Crippen molar-refractivity contribution in [3.63, 3.8) is 0 Å². The van der Waals surface area contributed by atoms with Crippen LogP contribution in [0, 0.1) is 0 Å². The number of fused-ring (bicyclic) bond motifs is 1. The summed E-state index contributed by atoms with van der Waals surface area (Å²) in [5.41, 5.74) is 2.76. The Morgan fingerprint density at radius 3 is 2.40 bits per heavy atom. The number of carbonyl (C=O) groups excluding carboxylic acids is 2. The maximum absolute atomic E-state index is 12.5. The van der Waals surface area contributed by atoms with Crippen LogP contribution >= 0.6 is 0 Å². The smallest absolute Gasteiger partial charge is 0.411 e. The molecular formula is C34H41N3O6. The van der Waals surface area contributed by atoms with E-state index in [0.717, 1.165) is 16.7 Å². The van der Waals surface area contributed by atoms with Crippen molar-refractivity contribution in [2.45, 2.75) is 70.9 Å². The zero-order valence-corrected chi connectivity index (χ0v) is 25.3. The van der Waals surface area contributed by atoms with E-state index in [1.165, 1.54) is 0 Å². The van der Waals surface area contributed by atoms with E-state index < -0.39 is 23.4 Å². The van der Waals surface area contributed by atoms with Gasteiger partial charge in [-0.1, -0.05) is 48.5 Å². The molecule has 9 nitrogen and oxygen atoms in total. The normalized spacial score (nSPS) is 17.0. The van der Waals surface area contributed by atoms with E-state index >= 15 is 0 Å². The van der Waals surface area contributed by atoms with Gasteiger partial charge in [0.2, 0.25) is 5.88 Å². The minimum absolute atomic E-state index is 0.194. The number of benzene rings is 2. The molecule has 43 heavy (non-hydrogen) atoms. The Bertz CT molecular complexity index is 1390. The molecule has 228 valence electrons. The zero-order chi connectivity index (χ0) is 31.0. The molecule has 0 radical (unpaired) electrons. The molecule has 5 rings (SSSR count). The molecule has 1 fully saturated rings. The largest absolute Gasteiger partial charge is 0.471 e. The Balaban J connectivity index is 0.00000135. The van der Waals surface area contributed by atoms with E-state index in [-0.39, 0.29) is 12.7 Å². The predicted molar refractivity (Wildman–Crippen MR) is 166 cm³/mol. The summed E-state index contributed by atoms with van der Waals surface area (Å²) in [6.07, 6.45) is 3.50. The summed E-state index contributed by atoms with van der Waals surface area (Å²) >= 11 is 0. The van der Waals surface area contributed by atoms with Gasteiger partial charge in [0.05, 0.1) is 6.10 Å². The van der Waals surface area contributed by atoms with Gasteiger partial charge in [0.1, 0.15) is 17.8 Å². The van der Waals surface area contributed by atoms with Crippen molar-refractivity contribution in [1.29, 1.82) is 0 Å². The van der Waals surface area contributed by atoms with Gasteiger partial charge in [-0.25, -0.2) is 14.6 Å². The molecule has 0 bridgehead atoms. The molecule has 3 aromatic rings. The lowest BCUT2D eigenvalue weighted by Gasteiger charge is -2.45. The molecule has 0 aliphatic carbocycles. The average Bonchev–Trinajstić information content (AvgIpc) is 2.97. The van der Waals surface area contributed by atoms with Gasteiger partial charge in [0, 0.05) is 55.4 Å². The summed E-state index contributed by atoms with van der Waals surface area (Å²) in [6, 6.07) is 18.7. The minimum atomic E-state index is -0.732. The summed E-state index contributed by atoms with van der Waals surface area (Å²) in [7, 11) is 0. The fourth-order valence-electron chi connectivity index (χ4n) is 5.01. The molecule has 1 unspecified atom stereocenters. The van der Waals surface area contributed by atoms with Gasteiger partial charge in [0.25, 0.3) is 0 Å². The highest BCUT2D eigenvalue weighted by molar-refractivity contribution is 5.85. The number of likely N-dealkylation sites (tertiary alicyclic amines) is 1. The number of nitrogens with one attached hydrogen (secondary N) is 1. The van der Waals surface area contributed by atoms with Crippen molar-refractivity contribution >= 4 is 17.9 Å². The fraction of sp³-hybridized carbons (Fsp3) is 0.382. The van der Waals surface area contributed by atoms with E-state index in [2.05, 4.69) is 16.9 Å². The molecule has 2 N–H and O–H groups in total. The average molecular weight is 588 g/mol. The van der Waals surface area contributed by atoms with Gasteiger partial charge in [0.15, 0.2) is 0 Å². The van der Waals surface area contributed by atoms with E-state index in [9.17, 15) is 14.7 Å². The van der Waals surface area contributed by atoms with Gasteiger partial charge < -0.3 is 24.2 Å². The maximum atomic E-state index is 12.5. The third-order valence-electron chi connectivity index (χ3n) is 7.12. The van der Waals surface area contributed by atoms with Crippen molar-refractivity contribution in [2.75, 3.05) is 18.4 Å². The first-order valence-electron chi connectivity index (χ1n) is 14.5. The van der Waals surface area contributed by atoms with Gasteiger partial charge in [-0.05, 0) is 57.0 Å². The van der Waals surface area contributed by atoms with Crippen LogP contribution in [0.3, 0.4) is 0 Å². The number of ether oxygens (including phenoxy) is 3. The summed E-state index contributed by atoms with van der Waals surface area (Å²) in [6.45, 7) is 12.0. The van der Waals surface area contributed by atoms with Crippen molar-refractivity contribution in [2.24, 2.45) is 0 Å². The summed E-state index contributed by atoms with van der Waals surface area (Å²) in [5.74, 6) is 0.424. The summed E-state index contributed by atoms with van der Waals surface area (Å²) in [4.78, 5) is 30.9. The van der Waals surface area contributed by atoms with Crippen molar-refractivity contribution < 1.29 is 28.9 Å². The highest BCUT2D eigenvalue weighted by Gasteiger charge is 2.44. The van der Waals surface area contributed by atoms with Crippen LogP contribution in [-0.2, 0) is 16.1 Å². The Morgan fingerprint density at radius 1 is 1.12 bits per heavy atom. The second-order valence-corrected chi connectivity index (χ2v) is 11.8. The molecule has 1 aromatic heterocycles. The van der Waals surface area contributed by atoms with Crippen LogP contribution in [0.25, 0.3) is 11.1 Å². The number of rotatable bonds is 4. The Kier molecular flexibility index (Phi) is 10.1. The molecule has 2 aliphatic heterocycles. The molecule has 0 saturated carbocycles. The van der Waals surface area contributed by atoms with Crippen LogP contribution in [-0.4, -0.2) is 51.5 Å². The topological polar surface area (TPSA) is 110 Å². The molecule has 1 saturated heterocycles. The number of aliphatic hydroxyl groups is 1. The van der Waals surface area contributed by atoms with Gasteiger partial charge in [-0.2, -0.15) is 0 Å². The molecule has 1 atom stereocenters. The van der Waals surface area contributed by atoms with Crippen LogP contribution in [0.1, 0.15) is 64.2 Å². The lowest BCUT2D eigenvalue weighted by atomic mass is 9.82. The molecule has 3 heterocycles. The number of pyridine rings is 1. The van der Waals surface area contributed by atoms with Crippen LogP contribution < -0.4 is 10.1 Å². The fourth-order valence-corrected chi connectivity index (χ4v) is 5.01. The third kappa shape index (κ3) is 8.58. The second-order valence-electron chi connectivity index (χ2n) is 11.8. The van der Waals surface area contributed by atoms with Crippen LogP contribution in [0.5, 0.6) is 5.88 Å². The van der Waals surface area contributed by atoms with Gasteiger partial charge in [-0.3, -0.25) is 5.32 Å². The highest BCUT2D eigenvalue weighted by atomic mass is 16.6. The zero-order valence-electron chi connectivity index (χ0n) is 25.3. The predicted octanol–water partition coefficient (Wildman–Crippen LogP) is 7.28. The highest BCUT2D eigenvalue weighted by Crippen LogP contribution is 2.44. The summed E-state index contributed by atoms with van der Waals surface area (Å²) < 4.78 is 17.1. The molecule has 2 aliphatic rings. The standard InChI is InChI=1S/C31H35N3O6.C3H6/c1-30(2,3)40-29(37)34-15-13-31(14-16-34)18-26(35)25-17-23(19-32-27(25)39-31)22-9-11-24(12-10-22)33-28(36)38-20-21-7-5-4-6-8-21;1-3-2/h4-12,17,19,26,35H,13-16,18,20H2,1-3H3,(H,33,36);3H,1H2,2H3. The van der Waals surface area contributed by atoms with Crippen molar-refractivity contribution in [1.82, 2.24) is 9.88 Å². The first kappa shape index (κ1) is 31.6. The Morgan fingerprint density at radius 2 is 1.77 bits per heavy atom. The van der Waals surface area contributed by atoms with Crippen LogP contribution in [0.4, 0.5) is 15.3 Å². The van der Waals surface area contributed by atoms with Crippen molar-refractivity contribution in [3.8, 4) is 17.0 Å². The molecular weight excluding hydrogens is 546 g/mol. The van der Waals surface area contributed by atoms with Gasteiger partial charge >= 0.3 is 12.2 Å². The first-order valence-corrected chi connectivity index (χ1v) is 14.5. The number of aliphatic hydroxyl groups excluding tert-OH is 1. The second kappa shape index (κ2) is 13.7. The van der Waals surface area contributed by atoms with E-state index in [4.69, 9.17) is 14.2 Å². The SMILES string of the molecule is C=CC.CC(C)(C)OC(=O)N1CCC2(CC1)CC(O)c1cc(-c3ccc(NC(=O)OCc4ccccc4)cc3)cnc1O2. The summed E-state index contributed by atoms with van der Waals surface area (Å²) in [5, 5.41) is 13.8. The molecule has 1 spiro atoms. The molecule has 2 amide bonds. The molecule has 9 heteroatoms. The number of amides is 2. The number of hydrogen-bond acceptors (Lipinski definition) is 7. The van der Waals surface area contributed by atoms with E-state index in [1.54, 1.807) is 29.3 Å². The van der Waals surface area contributed by atoms with E-state index in [1.807, 2.05) is 76.2 Å². The first-order chi connectivity index (χ1) is 20.5. The number of piperidine rings is 1. The number of allylic oxidation sites excluding steroid dienone is 1. The Hall–Kier alpha value is -4.37. The number of carbonyl (C=O) groups is 2. The quantitative estimate of drug-likeness (QED) is 0.309. The third-order valence-corrected chi connectivity index (χ3v) is 7.12. The van der Waals surface area contributed by atoms with E-state index in [0.29, 0.717) is 49.5 Å². The monoisotopic (exact) mass is 587 g/mol. The maximum Gasteiger partial charge on any atom is 0.411 e. The number of nitrogens with zero attached hydrogens (tertiary/aromatic N) is 2. The lowest BCUT2D eigenvalue weighted by Crippen LogP contribution is -2.52. The van der Waals surface area contributed by atoms with Crippen molar-refractivity contribution in [3.05, 3.63) is 90.6 Å². The van der Waals surface area contributed by atoms with Crippen LogP contribution in [0.15, 0.2) is 79.5 Å².